The van der Waals surface area contributed by atoms with Gasteiger partial charge in [0.25, 0.3) is 5.66 Å². The number of esters is 1. The molecule has 5 nitrogen and oxygen atoms in total. The number of hydrogen-bond donors (Lipinski definition) is 2. The molecule has 1 amide bonds. The van der Waals surface area contributed by atoms with Crippen molar-refractivity contribution in [2.45, 2.75) is 58.4 Å². The summed E-state index contributed by atoms with van der Waals surface area (Å²) in [6, 6.07) is -0.692. The van der Waals surface area contributed by atoms with Gasteiger partial charge in [-0.2, -0.15) is 13.2 Å². The molecule has 118 valence electrons. The van der Waals surface area contributed by atoms with Gasteiger partial charge in [-0.3, -0.25) is 10.1 Å². The summed E-state index contributed by atoms with van der Waals surface area (Å²) in [6.45, 7) is 5.69. The number of hydrogen-bond acceptors (Lipinski definition) is 4. The summed E-state index contributed by atoms with van der Waals surface area (Å²) in [4.78, 5) is 23.3. The summed E-state index contributed by atoms with van der Waals surface area (Å²) in [5.74, 6) is -2.43. The second-order valence-corrected chi connectivity index (χ2v) is 4.57. The van der Waals surface area contributed by atoms with Crippen molar-refractivity contribution in [2.24, 2.45) is 0 Å². The highest BCUT2D eigenvalue weighted by Crippen LogP contribution is 2.30. The van der Waals surface area contributed by atoms with E-state index in [1.54, 1.807) is 12.2 Å². The zero-order valence-electron chi connectivity index (χ0n) is 12.1. The molecule has 0 unspecified atom stereocenters. The van der Waals surface area contributed by atoms with E-state index < -0.39 is 29.8 Å². The van der Waals surface area contributed by atoms with Crippen LogP contribution in [-0.4, -0.2) is 36.4 Å². The number of halogens is 3. The van der Waals surface area contributed by atoms with Crippen molar-refractivity contribution in [1.82, 2.24) is 10.6 Å². The third kappa shape index (κ3) is 4.66. The van der Waals surface area contributed by atoms with E-state index >= 15 is 0 Å². The molecule has 0 aliphatic heterocycles. The first-order valence-electron chi connectivity index (χ1n) is 6.43. The largest absolute Gasteiger partial charge is 0.463 e. The molecule has 1 atom stereocenters. The molecule has 0 rings (SSSR count). The Balaban J connectivity index is 5.54. The molecule has 0 saturated heterocycles. The molecule has 0 aromatic heterocycles. The van der Waals surface area contributed by atoms with Gasteiger partial charge in [-0.15, -0.1) is 0 Å². The predicted octanol–water partition coefficient (Wildman–Crippen LogP) is 1.72. The van der Waals surface area contributed by atoms with Crippen molar-refractivity contribution in [1.29, 1.82) is 0 Å². The van der Waals surface area contributed by atoms with Gasteiger partial charge in [0.05, 0.1) is 6.61 Å². The molecule has 20 heavy (non-hydrogen) atoms. The van der Waals surface area contributed by atoms with Crippen LogP contribution in [0.4, 0.5) is 13.2 Å². The molecule has 0 heterocycles. The Morgan fingerprint density at radius 1 is 1.20 bits per heavy atom. The van der Waals surface area contributed by atoms with E-state index in [-0.39, 0.29) is 13.0 Å². The van der Waals surface area contributed by atoms with Crippen LogP contribution in [0.15, 0.2) is 0 Å². The van der Waals surface area contributed by atoms with Gasteiger partial charge in [0.2, 0.25) is 5.91 Å². The Morgan fingerprint density at radius 2 is 1.75 bits per heavy atom. The first kappa shape index (κ1) is 18.7. The van der Waals surface area contributed by atoms with E-state index in [4.69, 9.17) is 0 Å². The fourth-order valence-corrected chi connectivity index (χ4v) is 1.59. The molecular weight excluding hydrogens is 277 g/mol. The molecule has 0 saturated carbocycles. The Labute approximate surface area is 116 Å². The van der Waals surface area contributed by atoms with E-state index in [0.29, 0.717) is 6.42 Å². The van der Waals surface area contributed by atoms with Gasteiger partial charge in [0, 0.05) is 12.5 Å². The first-order valence-corrected chi connectivity index (χ1v) is 6.43. The third-order valence-electron chi connectivity index (χ3n) is 2.32. The average molecular weight is 298 g/mol. The lowest BCUT2D eigenvalue weighted by atomic mass is 10.1. The third-order valence-corrected chi connectivity index (χ3v) is 2.32. The van der Waals surface area contributed by atoms with Crippen molar-refractivity contribution < 1.29 is 27.5 Å². The normalized spacial score (nSPS) is 14.8. The van der Waals surface area contributed by atoms with Gasteiger partial charge in [0.1, 0.15) is 0 Å². The highest BCUT2D eigenvalue weighted by Gasteiger charge is 2.63. The number of nitrogens with one attached hydrogen (secondary N) is 2. The number of amides is 1. The standard InChI is InChI=1S/C12H21F3N2O3/c1-5-7-9(18)17-11(12(13,14)15,16-8(3)4)10(19)20-6-2/h8,16H,5-7H2,1-4H3,(H,17,18)/t11-/m0/s1. The average Bonchev–Trinajstić information content (AvgIpc) is 2.26. The van der Waals surface area contributed by atoms with Crippen LogP contribution in [-0.2, 0) is 14.3 Å². The molecule has 0 radical (unpaired) electrons. The van der Waals surface area contributed by atoms with Crippen LogP contribution in [0.25, 0.3) is 0 Å². The predicted molar refractivity (Wildman–Crippen MR) is 66.7 cm³/mol. The summed E-state index contributed by atoms with van der Waals surface area (Å²) in [5, 5.41) is 3.81. The van der Waals surface area contributed by atoms with Crippen LogP contribution in [0.1, 0.15) is 40.5 Å². The zero-order valence-corrected chi connectivity index (χ0v) is 12.1. The van der Waals surface area contributed by atoms with E-state index in [1.165, 1.54) is 20.8 Å². The maximum absolute atomic E-state index is 13.3. The Kier molecular flexibility index (Phi) is 6.98. The summed E-state index contributed by atoms with van der Waals surface area (Å²) in [5.41, 5.74) is -3.22. The topological polar surface area (TPSA) is 67.4 Å². The number of carbonyl (C=O) groups excluding carboxylic acids is 2. The van der Waals surface area contributed by atoms with Gasteiger partial charge in [-0.05, 0) is 27.2 Å². The maximum Gasteiger partial charge on any atom is 0.436 e. The molecule has 8 heteroatoms. The lowest BCUT2D eigenvalue weighted by Gasteiger charge is -2.36. The van der Waals surface area contributed by atoms with Gasteiger partial charge in [-0.1, -0.05) is 6.92 Å². The lowest BCUT2D eigenvalue weighted by molar-refractivity contribution is -0.223. The second kappa shape index (κ2) is 7.47. The number of carbonyl (C=O) groups is 2. The molecular formula is C12H21F3N2O3. The van der Waals surface area contributed by atoms with Gasteiger partial charge in [-0.25, -0.2) is 4.79 Å². The smallest absolute Gasteiger partial charge is 0.436 e. The number of rotatable bonds is 7. The quantitative estimate of drug-likeness (QED) is 0.555. The van der Waals surface area contributed by atoms with Crippen LogP contribution >= 0.6 is 0 Å². The molecule has 2 N–H and O–H groups in total. The monoisotopic (exact) mass is 298 g/mol. The zero-order chi connectivity index (χ0) is 16.0. The molecule has 0 aromatic carbocycles. The highest BCUT2D eigenvalue weighted by molar-refractivity contribution is 5.88. The Morgan fingerprint density at radius 3 is 2.10 bits per heavy atom. The summed E-state index contributed by atoms with van der Waals surface area (Å²) < 4.78 is 44.5. The number of alkyl halides is 3. The van der Waals surface area contributed by atoms with Crippen molar-refractivity contribution in [3.8, 4) is 0 Å². The van der Waals surface area contributed by atoms with E-state index in [2.05, 4.69) is 10.1 Å². The SMILES string of the molecule is CCCC(=O)N[C@@](NC(C)C)(C(=O)OCC)C(F)(F)F. The minimum atomic E-state index is -5.02. The molecule has 0 aliphatic carbocycles. The minimum Gasteiger partial charge on any atom is -0.463 e. The maximum atomic E-state index is 13.3. The van der Waals surface area contributed by atoms with Crippen LogP contribution < -0.4 is 10.6 Å². The van der Waals surface area contributed by atoms with Crippen LogP contribution in [0.2, 0.25) is 0 Å². The molecule has 0 aliphatic rings. The lowest BCUT2D eigenvalue weighted by Crippen LogP contribution is -2.73. The van der Waals surface area contributed by atoms with Crippen molar-refractivity contribution >= 4 is 11.9 Å². The van der Waals surface area contributed by atoms with Crippen molar-refractivity contribution in [2.75, 3.05) is 6.61 Å². The molecule has 0 fully saturated rings. The summed E-state index contributed by atoms with van der Waals surface area (Å²) in [6.07, 6.45) is -4.77. The first-order chi connectivity index (χ1) is 9.10. The van der Waals surface area contributed by atoms with E-state index in [1.807, 2.05) is 0 Å². The number of ether oxygens (including phenoxy) is 1. The Bertz CT molecular complexity index is 345. The molecule has 0 bridgehead atoms. The molecule has 0 spiro atoms. The second-order valence-electron chi connectivity index (χ2n) is 4.57. The van der Waals surface area contributed by atoms with Gasteiger partial charge >= 0.3 is 12.1 Å². The Hall–Kier alpha value is -1.31. The van der Waals surface area contributed by atoms with E-state index in [0.717, 1.165) is 0 Å². The van der Waals surface area contributed by atoms with Crippen LogP contribution in [0, 0.1) is 0 Å². The summed E-state index contributed by atoms with van der Waals surface area (Å²) >= 11 is 0. The highest BCUT2D eigenvalue weighted by atomic mass is 19.4. The fourth-order valence-electron chi connectivity index (χ4n) is 1.59. The summed E-state index contributed by atoms with van der Waals surface area (Å²) in [7, 11) is 0. The minimum absolute atomic E-state index is 0.114. The fraction of sp³-hybridized carbons (Fsp3) is 0.833. The van der Waals surface area contributed by atoms with Crippen LogP contribution in [0.3, 0.4) is 0 Å². The van der Waals surface area contributed by atoms with Gasteiger partial charge in [0.15, 0.2) is 0 Å². The van der Waals surface area contributed by atoms with Crippen molar-refractivity contribution in [3.05, 3.63) is 0 Å². The molecule has 0 aromatic rings. The van der Waals surface area contributed by atoms with Gasteiger partial charge < -0.3 is 10.1 Å². The van der Waals surface area contributed by atoms with Crippen molar-refractivity contribution in [3.63, 3.8) is 0 Å². The van der Waals surface area contributed by atoms with Crippen LogP contribution in [0.5, 0.6) is 0 Å². The van der Waals surface area contributed by atoms with E-state index in [9.17, 15) is 22.8 Å².